The molecule has 5 nitrogen and oxygen atoms in total. The molecule has 0 atom stereocenters. The molecule has 1 aromatic carbocycles. The van der Waals surface area contributed by atoms with Crippen LogP contribution in [0.15, 0.2) is 30.0 Å². The van der Waals surface area contributed by atoms with Crippen molar-refractivity contribution < 1.29 is 23.0 Å². The van der Waals surface area contributed by atoms with Crippen LogP contribution in [0.25, 0.3) is 6.08 Å². The van der Waals surface area contributed by atoms with Crippen molar-refractivity contribution in [1.29, 1.82) is 0 Å². The molecule has 1 aliphatic heterocycles. The van der Waals surface area contributed by atoms with Gasteiger partial charge in [-0.15, -0.1) is 0 Å². The van der Waals surface area contributed by atoms with Gasteiger partial charge in [-0.25, -0.2) is 0 Å². The van der Waals surface area contributed by atoms with E-state index in [1.54, 1.807) is 25.3 Å². The van der Waals surface area contributed by atoms with Gasteiger partial charge in [0.15, 0.2) is 5.11 Å². The zero-order chi connectivity index (χ0) is 16.8. The van der Waals surface area contributed by atoms with Crippen LogP contribution in [-0.2, 0) is 9.53 Å². The first-order valence-electron chi connectivity index (χ1n) is 6.89. The summed E-state index contributed by atoms with van der Waals surface area (Å²) in [6.07, 6.45) is 2.29. The third-order valence-electron chi connectivity index (χ3n) is 3.11. The highest BCUT2D eigenvalue weighted by Gasteiger charge is 2.29. The van der Waals surface area contributed by atoms with E-state index in [1.807, 2.05) is 0 Å². The van der Waals surface area contributed by atoms with Gasteiger partial charge in [-0.1, -0.05) is 12.1 Å². The van der Waals surface area contributed by atoms with Crippen molar-refractivity contribution in [2.24, 2.45) is 0 Å². The molecule has 0 bridgehead atoms. The van der Waals surface area contributed by atoms with Crippen molar-refractivity contribution in [3.63, 3.8) is 0 Å². The summed E-state index contributed by atoms with van der Waals surface area (Å²) in [5, 5.41) is 3.20. The Morgan fingerprint density at radius 3 is 2.65 bits per heavy atom. The van der Waals surface area contributed by atoms with Crippen molar-refractivity contribution in [3.8, 4) is 5.75 Å². The number of benzene rings is 1. The number of amides is 1. The molecule has 1 heterocycles. The van der Waals surface area contributed by atoms with Crippen LogP contribution in [0.4, 0.5) is 8.78 Å². The van der Waals surface area contributed by atoms with Crippen LogP contribution in [-0.4, -0.2) is 42.8 Å². The number of hydrogen-bond donors (Lipinski definition) is 1. The SMILES string of the molecule is COCCCN1C(=O)/C(=C\c2ccc(OC(F)F)cc2)NC1=S. The Morgan fingerprint density at radius 2 is 2.04 bits per heavy atom. The average Bonchev–Trinajstić information content (AvgIpc) is 2.76. The minimum Gasteiger partial charge on any atom is -0.435 e. The third kappa shape index (κ3) is 4.70. The predicted octanol–water partition coefficient (Wildman–Crippen LogP) is 2.38. The van der Waals surface area contributed by atoms with Crippen LogP contribution in [0.5, 0.6) is 5.75 Å². The smallest absolute Gasteiger partial charge is 0.387 e. The highest BCUT2D eigenvalue weighted by Crippen LogP contribution is 2.18. The molecule has 124 valence electrons. The Kier molecular flexibility index (Phi) is 6.00. The second kappa shape index (κ2) is 7.98. The maximum Gasteiger partial charge on any atom is 0.387 e. The van der Waals surface area contributed by atoms with Gasteiger partial charge in [0.1, 0.15) is 11.4 Å². The molecule has 1 amide bonds. The standard InChI is InChI=1S/C15H16F2N2O3S/c1-21-8-2-7-19-13(20)12(18-15(19)23)9-10-3-5-11(6-4-10)22-14(16)17/h3-6,9,14H,2,7-8H2,1H3,(H,18,23)/b12-9+. The Labute approximate surface area is 137 Å². The van der Waals surface area contributed by atoms with E-state index >= 15 is 0 Å². The van der Waals surface area contributed by atoms with Gasteiger partial charge >= 0.3 is 6.61 Å². The summed E-state index contributed by atoms with van der Waals surface area (Å²) < 4.78 is 33.4. The number of hydrogen-bond acceptors (Lipinski definition) is 4. The van der Waals surface area contributed by atoms with E-state index in [2.05, 4.69) is 10.1 Å². The van der Waals surface area contributed by atoms with Gasteiger partial charge in [0.05, 0.1) is 0 Å². The molecular weight excluding hydrogens is 326 g/mol. The van der Waals surface area contributed by atoms with Crippen LogP contribution in [0.3, 0.4) is 0 Å². The highest BCUT2D eigenvalue weighted by atomic mass is 32.1. The number of carbonyl (C=O) groups is 1. The van der Waals surface area contributed by atoms with Gasteiger partial charge < -0.3 is 14.8 Å². The number of ether oxygens (including phenoxy) is 2. The van der Waals surface area contributed by atoms with E-state index in [4.69, 9.17) is 17.0 Å². The molecule has 0 spiro atoms. The van der Waals surface area contributed by atoms with Crippen LogP contribution < -0.4 is 10.1 Å². The van der Waals surface area contributed by atoms with Crippen LogP contribution in [0, 0.1) is 0 Å². The van der Waals surface area contributed by atoms with E-state index in [0.29, 0.717) is 35.9 Å². The second-order valence-electron chi connectivity index (χ2n) is 4.74. The number of nitrogens with one attached hydrogen (secondary N) is 1. The first-order valence-corrected chi connectivity index (χ1v) is 7.30. The van der Waals surface area contributed by atoms with E-state index in [9.17, 15) is 13.6 Å². The average molecular weight is 342 g/mol. The summed E-state index contributed by atoms with van der Waals surface area (Å²) in [6, 6.07) is 5.98. The number of alkyl halides is 2. The van der Waals surface area contributed by atoms with Crippen molar-refractivity contribution in [2.75, 3.05) is 20.3 Å². The van der Waals surface area contributed by atoms with Crippen molar-refractivity contribution in [2.45, 2.75) is 13.0 Å². The number of carbonyl (C=O) groups excluding carboxylic acids is 1. The van der Waals surface area contributed by atoms with Gasteiger partial charge in [-0.3, -0.25) is 9.69 Å². The van der Waals surface area contributed by atoms with Gasteiger partial charge in [0, 0.05) is 20.3 Å². The molecule has 0 saturated carbocycles. The number of thiocarbonyl (C=S) groups is 1. The van der Waals surface area contributed by atoms with Crippen LogP contribution in [0.1, 0.15) is 12.0 Å². The molecule has 23 heavy (non-hydrogen) atoms. The monoisotopic (exact) mass is 342 g/mol. The second-order valence-corrected chi connectivity index (χ2v) is 5.13. The first-order chi connectivity index (χ1) is 11.0. The van der Waals surface area contributed by atoms with Crippen molar-refractivity contribution in [1.82, 2.24) is 10.2 Å². The van der Waals surface area contributed by atoms with E-state index in [0.717, 1.165) is 0 Å². The third-order valence-corrected chi connectivity index (χ3v) is 3.43. The lowest BCUT2D eigenvalue weighted by atomic mass is 10.2. The summed E-state index contributed by atoms with van der Waals surface area (Å²) in [7, 11) is 1.59. The molecular formula is C15H16F2N2O3S. The number of rotatable bonds is 7. The molecule has 1 N–H and O–H groups in total. The fourth-order valence-corrected chi connectivity index (χ4v) is 2.34. The first kappa shape index (κ1) is 17.3. The Bertz CT molecular complexity index is 605. The predicted molar refractivity (Wildman–Crippen MR) is 85.0 cm³/mol. The fourth-order valence-electron chi connectivity index (χ4n) is 2.05. The molecule has 8 heteroatoms. The van der Waals surface area contributed by atoms with E-state index < -0.39 is 6.61 Å². The number of nitrogens with zero attached hydrogens (tertiary/aromatic N) is 1. The molecule has 0 unspecified atom stereocenters. The van der Waals surface area contributed by atoms with Crippen molar-refractivity contribution in [3.05, 3.63) is 35.5 Å². The van der Waals surface area contributed by atoms with Crippen LogP contribution in [0.2, 0.25) is 0 Å². The number of halogens is 2. The lowest BCUT2D eigenvalue weighted by Crippen LogP contribution is -2.32. The molecule has 2 rings (SSSR count). The van der Waals surface area contributed by atoms with Gasteiger partial charge in [0.25, 0.3) is 5.91 Å². The summed E-state index contributed by atoms with van der Waals surface area (Å²) in [5.74, 6) is -0.163. The summed E-state index contributed by atoms with van der Waals surface area (Å²) in [4.78, 5) is 13.7. The Morgan fingerprint density at radius 1 is 1.35 bits per heavy atom. The summed E-state index contributed by atoms with van der Waals surface area (Å²) in [6.45, 7) is -1.86. The minimum absolute atomic E-state index is 0.0598. The molecule has 1 saturated heterocycles. The largest absolute Gasteiger partial charge is 0.435 e. The summed E-state index contributed by atoms with van der Waals surface area (Å²) >= 11 is 5.14. The van der Waals surface area contributed by atoms with E-state index in [1.165, 1.54) is 17.0 Å². The fraction of sp³-hybridized carbons (Fsp3) is 0.333. The minimum atomic E-state index is -2.87. The maximum absolute atomic E-state index is 12.3. The molecule has 0 aliphatic carbocycles. The van der Waals surface area contributed by atoms with Crippen molar-refractivity contribution >= 4 is 29.3 Å². The van der Waals surface area contributed by atoms with E-state index in [-0.39, 0.29) is 11.7 Å². The van der Waals surface area contributed by atoms with Gasteiger partial charge in [-0.05, 0) is 42.4 Å². The molecule has 0 aromatic heterocycles. The maximum atomic E-state index is 12.3. The topological polar surface area (TPSA) is 50.8 Å². The lowest BCUT2D eigenvalue weighted by molar-refractivity contribution is -0.122. The molecule has 1 aliphatic rings. The number of methoxy groups -OCH3 is 1. The Hall–Kier alpha value is -2.06. The summed E-state index contributed by atoms with van der Waals surface area (Å²) in [5.41, 5.74) is 1.01. The quantitative estimate of drug-likeness (QED) is 0.468. The molecule has 0 radical (unpaired) electrons. The zero-order valence-electron chi connectivity index (χ0n) is 12.4. The normalized spacial score (nSPS) is 16.3. The highest BCUT2D eigenvalue weighted by molar-refractivity contribution is 7.80. The molecule has 1 fully saturated rings. The zero-order valence-corrected chi connectivity index (χ0v) is 13.2. The van der Waals surface area contributed by atoms with Gasteiger partial charge in [0.2, 0.25) is 0 Å². The lowest BCUT2D eigenvalue weighted by Gasteiger charge is -2.12. The molecule has 1 aromatic rings. The van der Waals surface area contributed by atoms with Gasteiger partial charge in [-0.2, -0.15) is 8.78 Å². The Balaban J connectivity index is 2.05. The van der Waals surface area contributed by atoms with Crippen LogP contribution >= 0.6 is 12.2 Å².